The van der Waals surface area contributed by atoms with E-state index in [4.69, 9.17) is 0 Å². The van der Waals surface area contributed by atoms with E-state index in [-0.39, 0.29) is 5.56 Å². The number of nitrogens with one attached hydrogen (secondary N) is 2. The van der Waals surface area contributed by atoms with Crippen molar-refractivity contribution < 1.29 is 0 Å². The summed E-state index contributed by atoms with van der Waals surface area (Å²) in [4.78, 5) is 18.2. The molecule has 0 aliphatic carbocycles. The average molecular weight is 237 g/mol. The minimum Gasteiger partial charge on any atom is -0.370 e. The number of anilines is 1. The van der Waals surface area contributed by atoms with Crippen LogP contribution in [0.5, 0.6) is 0 Å². The van der Waals surface area contributed by atoms with Gasteiger partial charge in [-0.15, -0.1) is 0 Å². The average Bonchev–Trinajstić information content (AvgIpc) is 2.14. The highest BCUT2D eigenvalue weighted by atomic mass is 16.1. The van der Waals surface area contributed by atoms with Crippen LogP contribution in [-0.4, -0.2) is 16.5 Å². The number of rotatable bonds is 5. The SMILES string of the molecule is Cc1nc(NCC(C(C)C)C(C)C)cc(=O)[nH]1. The molecule has 0 fully saturated rings. The van der Waals surface area contributed by atoms with Crippen LogP contribution in [0.1, 0.15) is 33.5 Å². The minimum atomic E-state index is -0.106. The van der Waals surface area contributed by atoms with E-state index >= 15 is 0 Å². The number of hydrogen-bond acceptors (Lipinski definition) is 3. The van der Waals surface area contributed by atoms with Gasteiger partial charge in [0, 0.05) is 12.6 Å². The molecule has 0 aliphatic rings. The molecule has 0 atom stereocenters. The molecule has 4 nitrogen and oxygen atoms in total. The minimum absolute atomic E-state index is 0.106. The van der Waals surface area contributed by atoms with Crippen LogP contribution in [0.25, 0.3) is 0 Å². The monoisotopic (exact) mass is 237 g/mol. The third-order valence-corrected chi connectivity index (χ3v) is 3.09. The van der Waals surface area contributed by atoms with Gasteiger partial charge in [0.25, 0.3) is 5.56 Å². The van der Waals surface area contributed by atoms with Crippen molar-refractivity contribution in [3.05, 3.63) is 22.2 Å². The van der Waals surface area contributed by atoms with Gasteiger partial charge >= 0.3 is 0 Å². The fourth-order valence-electron chi connectivity index (χ4n) is 2.13. The van der Waals surface area contributed by atoms with Gasteiger partial charge in [-0.2, -0.15) is 0 Å². The number of hydrogen-bond donors (Lipinski definition) is 2. The number of nitrogens with zero attached hydrogens (tertiary/aromatic N) is 1. The molecule has 0 radical (unpaired) electrons. The maximum atomic E-state index is 11.3. The summed E-state index contributed by atoms with van der Waals surface area (Å²) in [7, 11) is 0. The Hall–Kier alpha value is -1.32. The lowest BCUT2D eigenvalue weighted by Gasteiger charge is -2.25. The second-order valence-electron chi connectivity index (χ2n) is 5.25. The van der Waals surface area contributed by atoms with Gasteiger partial charge in [0.05, 0.1) is 0 Å². The Balaban J connectivity index is 2.68. The van der Waals surface area contributed by atoms with E-state index in [9.17, 15) is 4.79 Å². The number of aromatic amines is 1. The van der Waals surface area contributed by atoms with Gasteiger partial charge in [-0.25, -0.2) is 4.98 Å². The van der Waals surface area contributed by atoms with E-state index in [2.05, 4.69) is 43.0 Å². The van der Waals surface area contributed by atoms with E-state index in [1.165, 1.54) is 6.07 Å². The molecule has 0 saturated carbocycles. The van der Waals surface area contributed by atoms with Crippen molar-refractivity contribution in [3.63, 3.8) is 0 Å². The second-order valence-corrected chi connectivity index (χ2v) is 5.25. The first-order valence-electron chi connectivity index (χ1n) is 6.22. The molecule has 17 heavy (non-hydrogen) atoms. The van der Waals surface area contributed by atoms with Gasteiger partial charge in [-0.05, 0) is 24.7 Å². The van der Waals surface area contributed by atoms with E-state index in [1.54, 1.807) is 6.92 Å². The zero-order chi connectivity index (χ0) is 13.0. The van der Waals surface area contributed by atoms with Crippen molar-refractivity contribution in [2.75, 3.05) is 11.9 Å². The first-order valence-corrected chi connectivity index (χ1v) is 6.22. The third-order valence-electron chi connectivity index (χ3n) is 3.09. The lowest BCUT2D eigenvalue weighted by Crippen LogP contribution is -2.25. The zero-order valence-electron chi connectivity index (χ0n) is 11.4. The quantitative estimate of drug-likeness (QED) is 0.827. The van der Waals surface area contributed by atoms with Crippen molar-refractivity contribution in [2.45, 2.75) is 34.6 Å². The molecule has 0 saturated heterocycles. The van der Waals surface area contributed by atoms with Crippen LogP contribution in [0.3, 0.4) is 0 Å². The maximum absolute atomic E-state index is 11.3. The Kier molecular flexibility index (Phi) is 4.73. The van der Waals surface area contributed by atoms with Crippen LogP contribution in [0.2, 0.25) is 0 Å². The maximum Gasteiger partial charge on any atom is 0.252 e. The Morgan fingerprint density at radius 1 is 1.29 bits per heavy atom. The molecule has 0 bridgehead atoms. The standard InChI is InChI=1S/C13H23N3O/c1-8(2)11(9(3)4)7-14-12-6-13(17)16-10(5)15-12/h6,8-9,11H,7H2,1-5H3,(H2,14,15,16,17). The van der Waals surface area contributed by atoms with Crippen LogP contribution in [-0.2, 0) is 0 Å². The Morgan fingerprint density at radius 2 is 1.88 bits per heavy atom. The van der Waals surface area contributed by atoms with Gasteiger partial charge in [0.15, 0.2) is 0 Å². The summed E-state index contributed by atoms with van der Waals surface area (Å²) < 4.78 is 0. The van der Waals surface area contributed by atoms with Crippen molar-refractivity contribution in [1.82, 2.24) is 9.97 Å². The lowest BCUT2D eigenvalue weighted by molar-refractivity contribution is 0.304. The van der Waals surface area contributed by atoms with E-state index in [1.807, 2.05) is 0 Å². The van der Waals surface area contributed by atoms with Crippen LogP contribution in [0.15, 0.2) is 10.9 Å². The van der Waals surface area contributed by atoms with E-state index < -0.39 is 0 Å². The summed E-state index contributed by atoms with van der Waals surface area (Å²) in [5.74, 6) is 3.12. The molecular formula is C13H23N3O. The third kappa shape index (κ3) is 4.21. The van der Waals surface area contributed by atoms with Crippen LogP contribution >= 0.6 is 0 Å². The Labute approximate surface area is 103 Å². The van der Waals surface area contributed by atoms with Gasteiger partial charge < -0.3 is 10.3 Å². The van der Waals surface area contributed by atoms with E-state index in [0.717, 1.165) is 6.54 Å². The van der Waals surface area contributed by atoms with Gasteiger partial charge in [0.1, 0.15) is 11.6 Å². The smallest absolute Gasteiger partial charge is 0.252 e. The Bertz CT molecular complexity index is 401. The molecule has 2 N–H and O–H groups in total. The van der Waals surface area contributed by atoms with Crippen molar-refractivity contribution in [2.24, 2.45) is 17.8 Å². The Morgan fingerprint density at radius 3 is 2.35 bits per heavy atom. The van der Waals surface area contributed by atoms with Crippen molar-refractivity contribution in [3.8, 4) is 0 Å². The lowest BCUT2D eigenvalue weighted by atomic mass is 9.85. The molecular weight excluding hydrogens is 214 g/mol. The predicted molar refractivity (Wildman–Crippen MR) is 71.3 cm³/mol. The molecule has 0 aromatic carbocycles. The molecule has 1 aromatic rings. The van der Waals surface area contributed by atoms with E-state index in [0.29, 0.717) is 29.4 Å². The number of H-pyrrole nitrogens is 1. The first kappa shape index (κ1) is 13.7. The van der Waals surface area contributed by atoms with Crippen molar-refractivity contribution >= 4 is 5.82 Å². The summed E-state index contributed by atoms with van der Waals surface area (Å²) in [6, 6.07) is 1.50. The van der Waals surface area contributed by atoms with Gasteiger partial charge in [0.2, 0.25) is 0 Å². The van der Waals surface area contributed by atoms with Crippen LogP contribution in [0, 0.1) is 24.7 Å². The summed E-state index contributed by atoms with van der Waals surface area (Å²) in [5, 5.41) is 3.26. The summed E-state index contributed by atoms with van der Waals surface area (Å²) in [5.41, 5.74) is -0.106. The summed E-state index contributed by atoms with van der Waals surface area (Å²) in [6.07, 6.45) is 0. The second kappa shape index (κ2) is 5.84. The predicted octanol–water partition coefficient (Wildman–Crippen LogP) is 2.42. The van der Waals surface area contributed by atoms with Crippen molar-refractivity contribution in [1.29, 1.82) is 0 Å². The van der Waals surface area contributed by atoms with Crippen LogP contribution in [0.4, 0.5) is 5.82 Å². The molecule has 1 heterocycles. The van der Waals surface area contributed by atoms with Gasteiger partial charge in [-0.1, -0.05) is 27.7 Å². The highest BCUT2D eigenvalue weighted by Crippen LogP contribution is 2.20. The molecule has 0 amide bonds. The summed E-state index contributed by atoms with van der Waals surface area (Å²) in [6.45, 7) is 11.5. The number of aryl methyl sites for hydroxylation is 1. The molecule has 1 rings (SSSR count). The highest BCUT2D eigenvalue weighted by Gasteiger charge is 2.17. The van der Waals surface area contributed by atoms with Gasteiger partial charge in [-0.3, -0.25) is 4.79 Å². The topological polar surface area (TPSA) is 57.8 Å². The first-order chi connectivity index (χ1) is 7.90. The van der Waals surface area contributed by atoms with Crippen LogP contribution < -0.4 is 10.9 Å². The molecule has 0 aliphatic heterocycles. The largest absolute Gasteiger partial charge is 0.370 e. The number of aromatic nitrogens is 2. The molecule has 96 valence electrons. The zero-order valence-corrected chi connectivity index (χ0v) is 11.4. The fraction of sp³-hybridized carbons (Fsp3) is 0.692. The molecule has 4 heteroatoms. The summed E-state index contributed by atoms with van der Waals surface area (Å²) >= 11 is 0. The molecule has 0 spiro atoms. The fourth-order valence-corrected chi connectivity index (χ4v) is 2.13. The molecule has 1 aromatic heterocycles. The normalized spacial score (nSPS) is 11.5. The highest BCUT2D eigenvalue weighted by molar-refractivity contribution is 5.32. The molecule has 0 unspecified atom stereocenters.